The van der Waals surface area contributed by atoms with Crippen LogP contribution in [0.2, 0.25) is 0 Å². The highest BCUT2D eigenvalue weighted by Gasteiger charge is 2.40. The van der Waals surface area contributed by atoms with Gasteiger partial charge in [-0.25, -0.2) is 5.48 Å². The monoisotopic (exact) mass is 305 g/mol. The molecule has 1 aliphatic rings. The molecule has 22 heavy (non-hydrogen) atoms. The minimum atomic E-state index is -1.06. The zero-order valence-electron chi connectivity index (χ0n) is 12.1. The summed E-state index contributed by atoms with van der Waals surface area (Å²) in [7, 11) is 1.43. The van der Waals surface area contributed by atoms with Crippen molar-refractivity contribution in [2.75, 3.05) is 13.7 Å². The van der Waals surface area contributed by atoms with Crippen LogP contribution in [0.15, 0.2) is 24.3 Å². The molecule has 8 nitrogen and oxygen atoms in total. The smallest absolute Gasteiger partial charge is 0.266 e. The fourth-order valence-electron chi connectivity index (χ4n) is 2.01. The average molecular weight is 305 g/mol. The molecule has 1 aromatic carbocycles. The molecular weight excluding hydrogens is 290 g/mol. The molecule has 4 amide bonds. The molecule has 0 spiro atoms. The van der Waals surface area contributed by atoms with E-state index in [2.05, 4.69) is 5.32 Å². The Balaban J connectivity index is 2.03. The quantitative estimate of drug-likeness (QED) is 0.562. The van der Waals surface area contributed by atoms with Crippen molar-refractivity contribution in [3.8, 4) is 0 Å². The number of likely N-dealkylation sites (N-methyl/N-ethyl adjacent to an activating group) is 1. The van der Waals surface area contributed by atoms with Gasteiger partial charge in [-0.3, -0.25) is 28.9 Å². The molecule has 0 saturated heterocycles. The standard InChI is InChI=1S/C14H15N3O5/c1-8(12(19)16-22-7-11(18)15-2)17-13(20)9-5-3-4-6-10(9)14(17)21/h3-6,8H,7H2,1-2H3,(H,15,18)(H,16,19). The number of hydroxylamine groups is 1. The maximum atomic E-state index is 12.2. The van der Waals surface area contributed by atoms with Gasteiger partial charge in [0.15, 0.2) is 6.61 Å². The Morgan fingerprint density at radius 1 is 1.18 bits per heavy atom. The highest BCUT2D eigenvalue weighted by molar-refractivity contribution is 6.22. The number of hydrogen-bond donors (Lipinski definition) is 2. The molecule has 2 rings (SSSR count). The van der Waals surface area contributed by atoms with Gasteiger partial charge in [0.25, 0.3) is 17.7 Å². The first-order chi connectivity index (χ1) is 10.5. The third-order valence-corrected chi connectivity index (χ3v) is 3.25. The van der Waals surface area contributed by atoms with Gasteiger partial charge in [-0.05, 0) is 19.1 Å². The minimum absolute atomic E-state index is 0.262. The van der Waals surface area contributed by atoms with Gasteiger partial charge in [-0.2, -0.15) is 0 Å². The second-order valence-corrected chi connectivity index (χ2v) is 4.63. The SMILES string of the molecule is CNC(=O)CONC(=O)C(C)N1C(=O)c2ccccc2C1=O. The number of carbonyl (C=O) groups is 4. The summed E-state index contributed by atoms with van der Waals surface area (Å²) in [5.74, 6) is -2.18. The summed E-state index contributed by atoms with van der Waals surface area (Å²) in [6, 6.07) is 5.29. The summed E-state index contributed by atoms with van der Waals surface area (Å²) in [5.41, 5.74) is 2.57. The van der Waals surface area contributed by atoms with Crippen LogP contribution in [-0.2, 0) is 14.4 Å². The maximum Gasteiger partial charge on any atom is 0.266 e. The van der Waals surface area contributed by atoms with E-state index >= 15 is 0 Å². The molecule has 0 radical (unpaired) electrons. The van der Waals surface area contributed by atoms with Gasteiger partial charge in [0.05, 0.1) is 11.1 Å². The molecule has 1 unspecified atom stereocenters. The fraction of sp³-hybridized carbons (Fsp3) is 0.286. The first-order valence-electron chi connectivity index (χ1n) is 6.56. The number of rotatable bonds is 5. The molecule has 0 fully saturated rings. The van der Waals surface area contributed by atoms with Crippen molar-refractivity contribution in [1.82, 2.24) is 15.7 Å². The minimum Gasteiger partial charge on any atom is -0.357 e. The van der Waals surface area contributed by atoms with Gasteiger partial charge in [-0.1, -0.05) is 12.1 Å². The molecule has 0 saturated carbocycles. The topological polar surface area (TPSA) is 105 Å². The van der Waals surface area contributed by atoms with Crippen LogP contribution in [0.3, 0.4) is 0 Å². The Bertz CT molecular complexity index is 608. The van der Waals surface area contributed by atoms with Crippen LogP contribution < -0.4 is 10.8 Å². The number of imide groups is 1. The molecule has 0 aliphatic carbocycles. The molecule has 0 aromatic heterocycles. The second kappa shape index (κ2) is 6.35. The Hall–Kier alpha value is -2.74. The highest BCUT2D eigenvalue weighted by atomic mass is 16.7. The summed E-state index contributed by atoms with van der Waals surface area (Å²) in [6.45, 7) is 1.04. The molecule has 2 N–H and O–H groups in total. The predicted octanol–water partition coefficient (Wildman–Crippen LogP) is -0.535. The van der Waals surface area contributed by atoms with Gasteiger partial charge in [0.1, 0.15) is 6.04 Å². The van der Waals surface area contributed by atoms with Crippen molar-refractivity contribution >= 4 is 23.6 Å². The van der Waals surface area contributed by atoms with Crippen molar-refractivity contribution < 1.29 is 24.0 Å². The van der Waals surface area contributed by atoms with Crippen LogP contribution in [0.25, 0.3) is 0 Å². The van der Waals surface area contributed by atoms with E-state index in [0.717, 1.165) is 4.90 Å². The summed E-state index contributed by atoms with van der Waals surface area (Å²) < 4.78 is 0. The lowest BCUT2D eigenvalue weighted by Crippen LogP contribution is -2.48. The Morgan fingerprint density at radius 3 is 2.23 bits per heavy atom. The van der Waals surface area contributed by atoms with Crippen molar-refractivity contribution in [1.29, 1.82) is 0 Å². The van der Waals surface area contributed by atoms with Crippen molar-refractivity contribution in [3.05, 3.63) is 35.4 Å². The number of nitrogens with one attached hydrogen (secondary N) is 2. The van der Waals surface area contributed by atoms with Crippen molar-refractivity contribution in [2.24, 2.45) is 0 Å². The normalized spacial score (nSPS) is 14.5. The van der Waals surface area contributed by atoms with E-state index in [1.54, 1.807) is 12.1 Å². The molecule has 116 valence electrons. The average Bonchev–Trinajstić information content (AvgIpc) is 2.78. The number of benzene rings is 1. The third-order valence-electron chi connectivity index (χ3n) is 3.25. The van der Waals surface area contributed by atoms with E-state index in [0.29, 0.717) is 0 Å². The lowest BCUT2D eigenvalue weighted by atomic mass is 10.1. The number of amides is 4. The first-order valence-corrected chi connectivity index (χ1v) is 6.56. The second-order valence-electron chi connectivity index (χ2n) is 4.63. The summed E-state index contributed by atoms with van der Waals surface area (Å²) in [5, 5.41) is 2.32. The van der Waals surface area contributed by atoms with Gasteiger partial charge in [0.2, 0.25) is 5.91 Å². The number of nitrogens with zero attached hydrogens (tertiary/aromatic N) is 1. The Labute approximate surface area is 126 Å². The summed E-state index contributed by atoms with van der Waals surface area (Å²) in [4.78, 5) is 52.9. The van der Waals surface area contributed by atoms with Crippen LogP contribution in [0.5, 0.6) is 0 Å². The molecule has 1 aromatic rings. The van der Waals surface area contributed by atoms with E-state index in [9.17, 15) is 19.2 Å². The first kappa shape index (κ1) is 15.6. The van der Waals surface area contributed by atoms with Crippen LogP contribution in [0, 0.1) is 0 Å². The molecule has 0 bridgehead atoms. The van der Waals surface area contributed by atoms with Gasteiger partial charge in [-0.15, -0.1) is 0 Å². The van der Waals surface area contributed by atoms with Crippen LogP contribution in [0.4, 0.5) is 0 Å². The lowest BCUT2D eigenvalue weighted by Gasteiger charge is -2.21. The van der Waals surface area contributed by atoms with Gasteiger partial charge < -0.3 is 5.32 Å². The predicted molar refractivity (Wildman–Crippen MR) is 74.6 cm³/mol. The number of fused-ring (bicyclic) bond motifs is 1. The fourth-order valence-corrected chi connectivity index (χ4v) is 2.01. The summed E-state index contributed by atoms with van der Waals surface area (Å²) in [6.07, 6.45) is 0. The van der Waals surface area contributed by atoms with Crippen LogP contribution >= 0.6 is 0 Å². The number of hydrogen-bond acceptors (Lipinski definition) is 5. The number of carbonyl (C=O) groups excluding carboxylic acids is 4. The van der Waals surface area contributed by atoms with Crippen LogP contribution in [-0.4, -0.2) is 48.2 Å². The van der Waals surface area contributed by atoms with Crippen LogP contribution in [0.1, 0.15) is 27.6 Å². The largest absolute Gasteiger partial charge is 0.357 e. The lowest BCUT2D eigenvalue weighted by molar-refractivity contribution is -0.141. The van der Waals surface area contributed by atoms with E-state index in [1.807, 2.05) is 5.48 Å². The zero-order valence-corrected chi connectivity index (χ0v) is 12.1. The highest BCUT2D eigenvalue weighted by Crippen LogP contribution is 2.24. The van der Waals surface area contributed by atoms with Gasteiger partial charge >= 0.3 is 0 Å². The van der Waals surface area contributed by atoms with E-state index in [-0.39, 0.29) is 17.7 Å². The molecule has 1 aliphatic heterocycles. The molecule has 1 atom stereocenters. The molecular formula is C14H15N3O5. The van der Waals surface area contributed by atoms with Gasteiger partial charge in [0, 0.05) is 7.05 Å². The third kappa shape index (κ3) is 2.82. The van der Waals surface area contributed by atoms with Crippen molar-refractivity contribution in [2.45, 2.75) is 13.0 Å². The maximum absolute atomic E-state index is 12.2. The van der Waals surface area contributed by atoms with Crippen molar-refractivity contribution in [3.63, 3.8) is 0 Å². The molecule has 8 heteroatoms. The van der Waals surface area contributed by atoms with E-state index in [4.69, 9.17) is 4.84 Å². The van der Waals surface area contributed by atoms with E-state index < -0.39 is 29.7 Å². The molecule has 1 heterocycles. The Kier molecular flexibility index (Phi) is 4.52. The zero-order chi connectivity index (χ0) is 16.3. The van der Waals surface area contributed by atoms with E-state index in [1.165, 1.54) is 26.1 Å². The Morgan fingerprint density at radius 2 is 1.73 bits per heavy atom. The summed E-state index contributed by atoms with van der Waals surface area (Å²) >= 11 is 0.